The predicted octanol–water partition coefficient (Wildman–Crippen LogP) is 6.11. The fourth-order valence-electron chi connectivity index (χ4n) is 2.50. The van der Waals surface area contributed by atoms with Crippen LogP contribution in [0.2, 0.25) is 10.0 Å². The minimum absolute atomic E-state index is 0.514. The van der Waals surface area contributed by atoms with Crippen LogP contribution in [0.5, 0.6) is 0 Å². The Kier molecular flexibility index (Phi) is 11.6. The first-order valence-corrected chi connectivity index (χ1v) is 9.86. The van der Waals surface area contributed by atoms with Crippen LogP contribution in [-0.2, 0) is 11.2 Å². The van der Waals surface area contributed by atoms with Gasteiger partial charge in [0.1, 0.15) is 5.82 Å². The van der Waals surface area contributed by atoms with Gasteiger partial charge in [0.2, 0.25) is 0 Å². The standard InChI is InChI=1S/C18H28Cl2N2OS/c1-3-8-14(24)10-12-23-11-7-5-4-6-9-15-17(20)16(19)13-22-18(15)21-2/h13H,3-12H2,1-2H3,(H,21,22). The molecule has 0 unspecified atom stereocenters. The summed E-state index contributed by atoms with van der Waals surface area (Å²) in [6, 6.07) is 0. The third-order valence-corrected chi connectivity index (χ3v) is 5.05. The lowest BCUT2D eigenvalue weighted by Crippen LogP contribution is -2.03. The quantitative estimate of drug-likeness (QED) is 0.325. The zero-order valence-corrected chi connectivity index (χ0v) is 17.0. The molecule has 0 radical (unpaired) electrons. The molecule has 0 atom stereocenters. The highest BCUT2D eigenvalue weighted by Gasteiger charge is 2.11. The average Bonchev–Trinajstić information content (AvgIpc) is 2.57. The van der Waals surface area contributed by atoms with Crippen LogP contribution in [0, 0.1) is 0 Å². The largest absolute Gasteiger partial charge is 0.381 e. The number of nitrogens with one attached hydrogen (secondary N) is 1. The molecule has 0 aliphatic heterocycles. The Bertz CT molecular complexity index is 512. The van der Waals surface area contributed by atoms with Crippen LogP contribution < -0.4 is 5.32 Å². The molecule has 1 aromatic heterocycles. The molecule has 1 N–H and O–H groups in total. The zero-order chi connectivity index (χ0) is 17.8. The Morgan fingerprint density at radius 2 is 1.92 bits per heavy atom. The smallest absolute Gasteiger partial charge is 0.130 e. The molecule has 0 aliphatic carbocycles. The van der Waals surface area contributed by atoms with E-state index in [4.69, 9.17) is 40.2 Å². The third-order valence-electron chi connectivity index (χ3n) is 3.82. The van der Waals surface area contributed by atoms with Crippen molar-refractivity contribution in [1.29, 1.82) is 0 Å². The van der Waals surface area contributed by atoms with Crippen molar-refractivity contribution in [3.8, 4) is 0 Å². The molecule has 0 spiro atoms. The first kappa shape index (κ1) is 21.6. The lowest BCUT2D eigenvalue weighted by molar-refractivity contribution is 0.136. The van der Waals surface area contributed by atoms with Crippen LogP contribution in [0.25, 0.3) is 0 Å². The van der Waals surface area contributed by atoms with E-state index in [1.54, 1.807) is 6.20 Å². The molecule has 6 heteroatoms. The van der Waals surface area contributed by atoms with Gasteiger partial charge in [-0.2, -0.15) is 0 Å². The van der Waals surface area contributed by atoms with Crippen molar-refractivity contribution in [2.24, 2.45) is 0 Å². The average molecular weight is 391 g/mol. The summed E-state index contributed by atoms with van der Waals surface area (Å²) in [5.41, 5.74) is 1.01. The number of nitrogens with zero attached hydrogens (tertiary/aromatic N) is 1. The molecular weight excluding hydrogens is 363 g/mol. The van der Waals surface area contributed by atoms with Crippen molar-refractivity contribution >= 4 is 46.1 Å². The topological polar surface area (TPSA) is 34.1 Å². The number of pyridine rings is 1. The number of ether oxygens (including phenoxy) is 1. The van der Waals surface area contributed by atoms with Crippen molar-refractivity contribution in [3.63, 3.8) is 0 Å². The first-order chi connectivity index (χ1) is 11.6. The van der Waals surface area contributed by atoms with Crippen LogP contribution in [0.3, 0.4) is 0 Å². The summed E-state index contributed by atoms with van der Waals surface area (Å²) in [4.78, 5) is 5.41. The SMILES string of the molecule is CCCC(=S)CCOCCCCCCc1c(NC)ncc(Cl)c1Cl. The Morgan fingerprint density at radius 1 is 1.17 bits per heavy atom. The molecular formula is C18H28Cl2N2OS. The Morgan fingerprint density at radius 3 is 2.62 bits per heavy atom. The van der Waals surface area contributed by atoms with E-state index in [0.717, 1.165) is 80.8 Å². The van der Waals surface area contributed by atoms with Gasteiger partial charge < -0.3 is 10.1 Å². The highest BCUT2D eigenvalue weighted by atomic mass is 35.5. The summed E-state index contributed by atoms with van der Waals surface area (Å²) >= 11 is 17.6. The number of unbranched alkanes of at least 4 members (excludes halogenated alkanes) is 3. The van der Waals surface area contributed by atoms with Gasteiger partial charge in [0.15, 0.2) is 0 Å². The van der Waals surface area contributed by atoms with E-state index in [9.17, 15) is 0 Å². The van der Waals surface area contributed by atoms with Gasteiger partial charge in [-0.05, 0) is 30.5 Å². The summed E-state index contributed by atoms with van der Waals surface area (Å²) < 4.78 is 5.64. The molecule has 1 rings (SSSR count). The van der Waals surface area contributed by atoms with E-state index in [1.165, 1.54) is 0 Å². The van der Waals surface area contributed by atoms with Gasteiger partial charge in [0.05, 0.1) is 16.7 Å². The number of hydrogen-bond acceptors (Lipinski definition) is 4. The molecule has 0 aromatic carbocycles. The summed E-state index contributed by atoms with van der Waals surface area (Å²) in [5.74, 6) is 0.816. The highest BCUT2D eigenvalue weighted by molar-refractivity contribution is 7.80. The molecule has 0 amide bonds. The molecule has 0 bridgehead atoms. The van der Waals surface area contributed by atoms with Crippen LogP contribution in [-0.4, -0.2) is 30.1 Å². The van der Waals surface area contributed by atoms with Gasteiger partial charge in [-0.25, -0.2) is 4.98 Å². The maximum atomic E-state index is 6.28. The molecule has 0 saturated heterocycles. The summed E-state index contributed by atoms with van der Waals surface area (Å²) in [6.07, 6.45) is 9.99. The number of halogens is 2. The summed E-state index contributed by atoms with van der Waals surface area (Å²) in [5, 5.41) is 4.20. The van der Waals surface area contributed by atoms with Crippen molar-refractivity contribution < 1.29 is 4.74 Å². The van der Waals surface area contributed by atoms with Crippen molar-refractivity contribution in [2.45, 2.75) is 58.3 Å². The van der Waals surface area contributed by atoms with E-state index in [1.807, 2.05) is 7.05 Å². The van der Waals surface area contributed by atoms with Gasteiger partial charge in [0.25, 0.3) is 0 Å². The summed E-state index contributed by atoms with van der Waals surface area (Å²) in [6.45, 7) is 3.73. The normalized spacial score (nSPS) is 10.8. The monoisotopic (exact) mass is 390 g/mol. The second-order valence-corrected chi connectivity index (χ2v) is 7.18. The third kappa shape index (κ3) is 8.11. The van der Waals surface area contributed by atoms with Crippen LogP contribution in [0.1, 0.15) is 57.4 Å². The van der Waals surface area contributed by atoms with E-state index < -0.39 is 0 Å². The fraction of sp³-hybridized carbons (Fsp3) is 0.667. The highest BCUT2D eigenvalue weighted by Crippen LogP contribution is 2.30. The molecule has 0 fully saturated rings. The Hall–Kier alpha value is -0.420. The second-order valence-electron chi connectivity index (χ2n) is 5.81. The molecule has 24 heavy (non-hydrogen) atoms. The first-order valence-electron chi connectivity index (χ1n) is 8.70. The van der Waals surface area contributed by atoms with Gasteiger partial charge in [0, 0.05) is 31.8 Å². The minimum Gasteiger partial charge on any atom is -0.381 e. The lowest BCUT2D eigenvalue weighted by atomic mass is 10.1. The van der Waals surface area contributed by atoms with Crippen molar-refractivity contribution in [2.75, 3.05) is 25.6 Å². The number of thiocarbonyl (C=S) groups is 1. The summed E-state index contributed by atoms with van der Waals surface area (Å²) in [7, 11) is 1.85. The molecule has 0 saturated carbocycles. The molecule has 1 heterocycles. The Labute approximate surface area is 161 Å². The van der Waals surface area contributed by atoms with E-state index >= 15 is 0 Å². The number of anilines is 1. The van der Waals surface area contributed by atoms with Crippen molar-refractivity contribution in [1.82, 2.24) is 4.98 Å². The molecule has 0 aliphatic rings. The van der Waals surface area contributed by atoms with E-state index in [-0.39, 0.29) is 0 Å². The van der Waals surface area contributed by atoms with Crippen molar-refractivity contribution in [3.05, 3.63) is 21.8 Å². The van der Waals surface area contributed by atoms with Crippen LogP contribution in [0.4, 0.5) is 5.82 Å². The Balaban J connectivity index is 2.13. The number of rotatable bonds is 13. The molecule has 1 aromatic rings. The number of aromatic nitrogens is 1. The maximum absolute atomic E-state index is 6.28. The molecule has 136 valence electrons. The molecule has 3 nitrogen and oxygen atoms in total. The van der Waals surface area contributed by atoms with Gasteiger partial charge in [-0.3, -0.25) is 0 Å². The van der Waals surface area contributed by atoms with Gasteiger partial charge in [-0.1, -0.05) is 61.6 Å². The van der Waals surface area contributed by atoms with E-state index in [0.29, 0.717) is 10.0 Å². The van der Waals surface area contributed by atoms with Gasteiger partial charge >= 0.3 is 0 Å². The van der Waals surface area contributed by atoms with Crippen LogP contribution in [0.15, 0.2) is 6.20 Å². The van der Waals surface area contributed by atoms with Gasteiger partial charge in [-0.15, -0.1) is 0 Å². The van der Waals surface area contributed by atoms with E-state index in [2.05, 4.69) is 17.2 Å². The number of hydrogen-bond donors (Lipinski definition) is 1. The second kappa shape index (κ2) is 12.9. The van der Waals surface area contributed by atoms with Crippen LogP contribution >= 0.6 is 35.4 Å². The zero-order valence-electron chi connectivity index (χ0n) is 14.7. The lowest BCUT2D eigenvalue weighted by Gasteiger charge is -2.11. The predicted molar refractivity (Wildman–Crippen MR) is 109 cm³/mol. The minimum atomic E-state index is 0.514. The fourth-order valence-corrected chi connectivity index (χ4v) is 3.18. The maximum Gasteiger partial charge on any atom is 0.130 e.